The van der Waals surface area contributed by atoms with E-state index in [-0.39, 0.29) is 29.4 Å². The van der Waals surface area contributed by atoms with Gasteiger partial charge in [0.15, 0.2) is 0 Å². The maximum atomic E-state index is 12.8. The Kier molecular flexibility index (Phi) is 7.97. The Hall–Kier alpha value is -1.97. The third-order valence-electron chi connectivity index (χ3n) is 4.49. The minimum Gasteiger partial charge on any atom is -0.481 e. The van der Waals surface area contributed by atoms with Crippen LogP contribution in [-0.4, -0.2) is 61.5 Å². The summed E-state index contributed by atoms with van der Waals surface area (Å²) >= 11 is 0. The molecule has 0 saturated carbocycles. The molecule has 1 saturated heterocycles. The van der Waals surface area contributed by atoms with E-state index in [1.165, 1.54) is 28.6 Å². The average molecular weight is 413 g/mol. The van der Waals surface area contributed by atoms with E-state index in [1.807, 2.05) is 13.8 Å². The number of carbonyl (C=O) groups excluding carboxylic acids is 1. The lowest BCUT2D eigenvalue weighted by atomic mass is 10.2. The number of nitrogens with zero attached hydrogens (tertiary/aromatic N) is 1. The quantitative estimate of drug-likeness (QED) is 0.599. The Labute approximate surface area is 165 Å². The van der Waals surface area contributed by atoms with Gasteiger partial charge in [0.1, 0.15) is 0 Å². The van der Waals surface area contributed by atoms with Gasteiger partial charge < -0.3 is 15.2 Å². The molecule has 28 heavy (non-hydrogen) atoms. The van der Waals surface area contributed by atoms with Gasteiger partial charge in [-0.2, -0.15) is 4.31 Å². The summed E-state index contributed by atoms with van der Waals surface area (Å²) in [4.78, 5) is 22.7. The lowest BCUT2D eigenvalue weighted by Gasteiger charge is -2.34. The van der Waals surface area contributed by atoms with Crippen molar-refractivity contribution in [1.82, 2.24) is 9.62 Å². The number of hydrogen-bond acceptors (Lipinski definition) is 5. The summed E-state index contributed by atoms with van der Waals surface area (Å²) in [5, 5.41) is 11.3. The number of rotatable bonds is 9. The highest BCUT2D eigenvalue weighted by Crippen LogP contribution is 2.21. The second-order valence-corrected chi connectivity index (χ2v) is 9.00. The summed E-state index contributed by atoms with van der Waals surface area (Å²) < 4.78 is 32.6. The van der Waals surface area contributed by atoms with Gasteiger partial charge in [0, 0.05) is 31.6 Å². The number of carboxylic acid groups (broad SMARTS) is 1. The van der Waals surface area contributed by atoms with Gasteiger partial charge in [-0.25, -0.2) is 8.42 Å². The van der Waals surface area contributed by atoms with Gasteiger partial charge in [0.2, 0.25) is 10.0 Å². The predicted molar refractivity (Wildman–Crippen MR) is 104 cm³/mol. The molecule has 2 atom stereocenters. The molecule has 0 unspecified atom stereocenters. The number of aliphatic carboxylic acids is 1. The maximum absolute atomic E-state index is 12.8. The fourth-order valence-corrected chi connectivity index (χ4v) is 4.73. The van der Waals surface area contributed by atoms with Gasteiger partial charge in [-0.15, -0.1) is 0 Å². The highest BCUT2D eigenvalue weighted by Gasteiger charge is 2.32. The minimum absolute atomic E-state index is 0.130. The molecule has 1 aliphatic rings. The first-order valence-electron chi connectivity index (χ1n) is 9.46. The smallest absolute Gasteiger partial charge is 0.303 e. The molecule has 1 aliphatic heterocycles. The van der Waals surface area contributed by atoms with Gasteiger partial charge in [-0.1, -0.05) is 6.42 Å². The fraction of sp³-hybridized carbons (Fsp3) is 0.579. The molecular weight excluding hydrogens is 384 g/mol. The molecule has 0 aromatic heterocycles. The summed E-state index contributed by atoms with van der Waals surface area (Å²) in [7, 11) is -3.63. The number of amides is 1. The van der Waals surface area contributed by atoms with Crippen LogP contribution in [-0.2, 0) is 19.6 Å². The molecule has 0 aliphatic carbocycles. The fourth-order valence-electron chi connectivity index (χ4n) is 3.14. The maximum Gasteiger partial charge on any atom is 0.303 e. The average Bonchev–Trinajstić information content (AvgIpc) is 2.63. The Morgan fingerprint density at radius 1 is 1.11 bits per heavy atom. The molecule has 1 fully saturated rings. The number of carbonyl (C=O) groups is 2. The molecular formula is C19H28N2O6S. The van der Waals surface area contributed by atoms with Gasteiger partial charge in [0.05, 0.1) is 17.1 Å². The van der Waals surface area contributed by atoms with E-state index >= 15 is 0 Å². The molecule has 2 rings (SSSR count). The Morgan fingerprint density at radius 2 is 1.71 bits per heavy atom. The normalized spacial score (nSPS) is 20.6. The molecule has 2 N–H and O–H groups in total. The van der Waals surface area contributed by atoms with E-state index in [9.17, 15) is 18.0 Å². The van der Waals surface area contributed by atoms with Crippen LogP contribution >= 0.6 is 0 Å². The van der Waals surface area contributed by atoms with Crippen molar-refractivity contribution in [3.8, 4) is 0 Å². The van der Waals surface area contributed by atoms with Crippen molar-refractivity contribution in [3.05, 3.63) is 29.8 Å². The van der Waals surface area contributed by atoms with Crippen molar-refractivity contribution in [1.29, 1.82) is 0 Å². The van der Waals surface area contributed by atoms with Crippen molar-refractivity contribution in [2.24, 2.45) is 0 Å². The molecule has 0 radical (unpaired) electrons. The van der Waals surface area contributed by atoms with Crippen molar-refractivity contribution < 1.29 is 27.9 Å². The standard InChI is InChI=1S/C19H28N2O6S/c1-14-12-21(13-15(2)27-14)28(25,26)17-9-7-16(8-10-17)19(24)20-11-5-3-4-6-18(22)23/h7-10,14-15H,3-6,11-13H2,1-2H3,(H,20,24)(H,22,23)/t14-,15-/m0/s1. The van der Waals surface area contributed by atoms with Crippen LogP contribution in [0.3, 0.4) is 0 Å². The lowest BCUT2D eigenvalue weighted by Crippen LogP contribution is -2.48. The zero-order valence-corrected chi connectivity index (χ0v) is 17.1. The van der Waals surface area contributed by atoms with Crippen LogP contribution in [0.2, 0.25) is 0 Å². The summed E-state index contributed by atoms with van der Waals surface area (Å²) in [6.45, 7) is 4.73. The molecule has 1 heterocycles. The van der Waals surface area contributed by atoms with Crippen LogP contribution in [0.4, 0.5) is 0 Å². The Bertz CT molecular complexity index is 768. The number of ether oxygens (including phenoxy) is 1. The Morgan fingerprint density at radius 3 is 2.29 bits per heavy atom. The van der Waals surface area contributed by atoms with Crippen LogP contribution in [0.15, 0.2) is 29.2 Å². The number of sulfonamides is 1. The van der Waals surface area contributed by atoms with E-state index < -0.39 is 16.0 Å². The van der Waals surface area contributed by atoms with Crippen LogP contribution in [0.25, 0.3) is 0 Å². The lowest BCUT2D eigenvalue weighted by molar-refractivity contribution is -0.137. The summed E-state index contributed by atoms with van der Waals surface area (Å²) in [6, 6.07) is 5.89. The first-order chi connectivity index (χ1) is 13.2. The first kappa shape index (κ1) is 22.3. The second kappa shape index (κ2) is 9.99. The largest absolute Gasteiger partial charge is 0.481 e. The minimum atomic E-state index is -3.63. The number of hydrogen-bond donors (Lipinski definition) is 2. The van der Waals surface area contributed by atoms with Crippen molar-refractivity contribution >= 4 is 21.9 Å². The zero-order chi connectivity index (χ0) is 20.7. The van der Waals surface area contributed by atoms with Crippen LogP contribution in [0.5, 0.6) is 0 Å². The third-order valence-corrected chi connectivity index (χ3v) is 6.34. The molecule has 9 heteroatoms. The topological polar surface area (TPSA) is 113 Å². The molecule has 0 spiro atoms. The summed E-state index contributed by atoms with van der Waals surface area (Å²) in [5.41, 5.74) is 0.383. The molecule has 1 amide bonds. The predicted octanol–water partition coefficient (Wildman–Crippen LogP) is 1.86. The number of unbranched alkanes of at least 4 members (excludes halogenated alkanes) is 2. The van der Waals surface area contributed by atoms with E-state index in [1.54, 1.807) is 0 Å². The highest BCUT2D eigenvalue weighted by molar-refractivity contribution is 7.89. The zero-order valence-electron chi connectivity index (χ0n) is 16.3. The molecule has 1 aromatic carbocycles. The first-order valence-corrected chi connectivity index (χ1v) is 10.9. The van der Waals surface area contributed by atoms with Crippen LogP contribution < -0.4 is 5.32 Å². The van der Waals surface area contributed by atoms with E-state index in [0.717, 1.165) is 6.42 Å². The second-order valence-electron chi connectivity index (χ2n) is 7.06. The molecule has 0 bridgehead atoms. The number of carboxylic acids is 1. The molecule has 156 valence electrons. The molecule has 8 nitrogen and oxygen atoms in total. The van der Waals surface area contributed by atoms with Gasteiger partial charge in [-0.3, -0.25) is 9.59 Å². The monoisotopic (exact) mass is 412 g/mol. The van der Waals surface area contributed by atoms with Crippen LogP contribution in [0, 0.1) is 0 Å². The van der Waals surface area contributed by atoms with Crippen LogP contribution in [0.1, 0.15) is 49.9 Å². The SMILES string of the molecule is C[C@H]1CN(S(=O)(=O)c2ccc(C(=O)NCCCCCC(=O)O)cc2)C[C@H](C)O1. The number of benzene rings is 1. The number of nitrogens with one attached hydrogen (secondary N) is 1. The van der Waals surface area contributed by atoms with Crippen molar-refractivity contribution in [3.63, 3.8) is 0 Å². The van der Waals surface area contributed by atoms with Gasteiger partial charge in [0.25, 0.3) is 5.91 Å². The Balaban J connectivity index is 1.89. The highest BCUT2D eigenvalue weighted by atomic mass is 32.2. The van der Waals surface area contributed by atoms with E-state index in [4.69, 9.17) is 9.84 Å². The third kappa shape index (κ3) is 6.29. The van der Waals surface area contributed by atoms with E-state index in [0.29, 0.717) is 38.0 Å². The van der Waals surface area contributed by atoms with E-state index in [2.05, 4.69) is 5.32 Å². The number of morpholine rings is 1. The van der Waals surface area contributed by atoms with Gasteiger partial charge >= 0.3 is 5.97 Å². The summed E-state index contributed by atoms with van der Waals surface area (Å²) in [5.74, 6) is -1.10. The summed E-state index contributed by atoms with van der Waals surface area (Å²) in [6.07, 6.45) is 1.79. The van der Waals surface area contributed by atoms with Crippen molar-refractivity contribution in [2.45, 2.75) is 56.6 Å². The molecule has 1 aromatic rings. The van der Waals surface area contributed by atoms with Gasteiger partial charge in [-0.05, 0) is 51.0 Å². The van der Waals surface area contributed by atoms with Crippen molar-refractivity contribution in [2.75, 3.05) is 19.6 Å².